The van der Waals surface area contributed by atoms with E-state index in [2.05, 4.69) is 5.10 Å². The van der Waals surface area contributed by atoms with Crippen LogP contribution in [0.2, 0.25) is 0 Å². The zero-order chi connectivity index (χ0) is 22.5. The molecule has 8 heteroatoms. The quantitative estimate of drug-likeness (QED) is 0.608. The highest BCUT2D eigenvalue weighted by molar-refractivity contribution is 7.19. The summed E-state index contributed by atoms with van der Waals surface area (Å²) in [5.74, 6) is -0.544. The average molecular weight is 444 g/mol. The molecule has 3 heterocycles. The molecule has 0 bridgehead atoms. The molecule has 0 aromatic carbocycles. The minimum Gasteiger partial charge on any atom is -0.480 e. The second kappa shape index (κ2) is 7.91. The normalized spacial score (nSPS) is 15.2. The zero-order valence-corrected chi connectivity index (χ0v) is 19.7. The van der Waals surface area contributed by atoms with Gasteiger partial charge < -0.3 is 14.6 Å². The molecular weight excluding hydrogens is 414 g/mol. The molecule has 3 aromatic heterocycles. The lowest BCUT2D eigenvalue weighted by atomic mass is 9.89. The van der Waals surface area contributed by atoms with Gasteiger partial charge in [0.25, 0.3) is 0 Å². The second-order valence-electron chi connectivity index (χ2n) is 9.02. The number of hydrogen-bond acceptors (Lipinski definition) is 6. The lowest BCUT2D eigenvalue weighted by molar-refractivity contribution is -0.160. The number of ether oxygens (including phenoxy) is 2. The molecule has 4 rings (SSSR count). The van der Waals surface area contributed by atoms with E-state index in [9.17, 15) is 9.90 Å². The van der Waals surface area contributed by atoms with Crippen LogP contribution in [0.3, 0.4) is 0 Å². The number of pyridine rings is 1. The fraction of sp³-hybridized carbons (Fsp3) is 0.522. The van der Waals surface area contributed by atoms with E-state index < -0.39 is 17.7 Å². The summed E-state index contributed by atoms with van der Waals surface area (Å²) in [5, 5.41) is 15.7. The summed E-state index contributed by atoms with van der Waals surface area (Å²) in [6.07, 6.45) is 3.16. The number of aryl methyl sites for hydroxylation is 4. The Labute approximate surface area is 186 Å². The molecule has 1 aliphatic carbocycles. The smallest absolute Gasteiger partial charge is 0.337 e. The van der Waals surface area contributed by atoms with Gasteiger partial charge in [-0.25, -0.2) is 9.78 Å². The average Bonchev–Trinajstić information content (AvgIpc) is 3.24. The maximum Gasteiger partial charge on any atom is 0.337 e. The van der Waals surface area contributed by atoms with Crippen LogP contribution in [0.5, 0.6) is 5.88 Å². The van der Waals surface area contributed by atoms with Crippen LogP contribution in [0, 0.1) is 6.92 Å². The molecule has 0 saturated heterocycles. The number of aromatic nitrogens is 3. The van der Waals surface area contributed by atoms with Crippen molar-refractivity contribution in [1.82, 2.24) is 14.8 Å². The first-order valence-electron chi connectivity index (χ1n) is 10.5. The summed E-state index contributed by atoms with van der Waals surface area (Å²) in [7, 11) is 3.43. The number of hydrogen-bond donors (Lipinski definition) is 1. The summed E-state index contributed by atoms with van der Waals surface area (Å²) >= 11 is 1.72. The van der Waals surface area contributed by atoms with Crippen LogP contribution in [0.15, 0.2) is 6.07 Å². The van der Waals surface area contributed by atoms with Crippen molar-refractivity contribution in [1.29, 1.82) is 0 Å². The van der Waals surface area contributed by atoms with Crippen molar-refractivity contribution in [2.24, 2.45) is 7.05 Å². The van der Waals surface area contributed by atoms with E-state index in [0.717, 1.165) is 40.7 Å². The highest BCUT2D eigenvalue weighted by atomic mass is 32.1. The van der Waals surface area contributed by atoms with E-state index in [1.165, 1.54) is 16.9 Å². The van der Waals surface area contributed by atoms with Crippen molar-refractivity contribution in [3.63, 3.8) is 0 Å². The van der Waals surface area contributed by atoms with Gasteiger partial charge in [-0.1, -0.05) is 0 Å². The molecule has 166 valence electrons. The van der Waals surface area contributed by atoms with E-state index in [1.807, 2.05) is 40.8 Å². The number of fused-ring (bicyclic) bond motifs is 3. The van der Waals surface area contributed by atoms with E-state index >= 15 is 0 Å². The maximum atomic E-state index is 12.4. The molecule has 0 radical (unpaired) electrons. The fourth-order valence-corrected chi connectivity index (χ4v) is 5.68. The summed E-state index contributed by atoms with van der Waals surface area (Å²) in [6.45, 7) is 7.46. The Morgan fingerprint density at radius 3 is 2.61 bits per heavy atom. The third-order valence-corrected chi connectivity index (χ3v) is 6.80. The summed E-state index contributed by atoms with van der Waals surface area (Å²) in [4.78, 5) is 19.6. The maximum absolute atomic E-state index is 12.4. The zero-order valence-electron chi connectivity index (χ0n) is 18.9. The third kappa shape index (κ3) is 3.94. The molecule has 7 nitrogen and oxygen atoms in total. The number of aliphatic carboxylic acids is 1. The minimum atomic E-state index is -1.15. The van der Waals surface area contributed by atoms with Gasteiger partial charge in [0, 0.05) is 40.2 Å². The lowest BCUT2D eigenvalue weighted by Crippen LogP contribution is -2.28. The Kier molecular flexibility index (Phi) is 5.55. The van der Waals surface area contributed by atoms with Crippen molar-refractivity contribution in [2.75, 3.05) is 7.11 Å². The Balaban J connectivity index is 2.10. The van der Waals surface area contributed by atoms with Gasteiger partial charge in [0.15, 0.2) is 6.10 Å². The lowest BCUT2D eigenvalue weighted by Gasteiger charge is -2.28. The van der Waals surface area contributed by atoms with Crippen LogP contribution in [0.1, 0.15) is 61.4 Å². The van der Waals surface area contributed by atoms with Crippen molar-refractivity contribution in [3.05, 3.63) is 27.8 Å². The van der Waals surface area contributed by atoms with Crippen LogP contribution in [-0.2, 0) is 29.4 Å². The molecule has 31 heavy (non-hydrogen) atoms. The fourth-order valence-electron chi connectivity index (χ4n) is 4.36. The van der Waals surface area contributed by atoms with E-state index in [1.54, 1.807) is 23.1 Å². The minimum absolute atomic E-state index is 0.485. The number of carboxylic acids is 1. The monoisotopic (exact) mass is 443 g/mol. The first kappa shape index (κ1) is 21.8. The Bertz CT molecular complexity index is 1160. The Morgan fingerprint density at radius 2 is 2.00 bits per heavy atom. The first-order chi connectivity index (χ1) is 14.6. The highest BCUT2D eigenvalue weighted by Gasteiger charge is 2.34. The number of methoxy groups -OCH3 is 1. The molecule has 0 aliphatic heterocycles. The van der Waals surface area contributed by atoms with E-state index in [0.29, 0.717) is 17.1 Å². The number of rotatable bonds is 5. The van der Waals surface area contributed by atoms with E-state index in [4.69, 9.17) is 14.5 Å². The molecule has 3 aromatic rings. The Hall–Kier alpha value is -2.45. The van der Waals surface area contributed by atoms with Crippen LogP contribution in [0.25, 0.3) is 21.5 Å². The summed E-state index contributed by atoms with van der Waals surface area (Å²) in [5.41, 5.74) is 3.55. The molecule has 1 N–H and O–H groups in total. The SMILES string of the molecule is COc1cc(-c2c([C@H](OC(C)(C)C)C(=O)O)c(C)nc3sc4c(c23)CCCC4)n(C)n1. The second-order valence-corrected chi connectivity index (χ2v) is 10.1. The molecule has 1 aliphatic rings. The first-order valence-corrected chi connectivity index (χ1v) is 11.4. The van der Waals surface area contributed by atoms with Gasteiger partial charge in [-0.3, -0.25) is 4.68 Å². The van der Waals surface area contributed by atoms with Crippen LogP contribution in [0.4, 0.5) is 0 Å². The molecule has 0 fully saturated rings. The van der Waals surface area contributed by atoms with Gasteiger partial charge >= 0.3 is 5.97 Å². The number of thiophene rings is 1. The topological polar surface area (TPSA) is 86.5 Å². The van der Waals surface area contributed by atoms with Gasteiger partial charge in [0.1, 0.15) is 4.83 Å². The predicted octanol–water partition coefficient (Wildman–Crippen LogP) is 4.83. The van der Waals surface area contributed by atoms with Crippen LogP contribution in [-0.4, -0.2) is 38.6 Å². The molecule has 0 unspecified atom stereocenters. The molecular formula is C23H29N3O4S. The molecule has 0 amide bonds. The summed E-state index contributed by atoms with van der Waals surface area (Å²) in [6, 6.07) is 1.86. The van der Waals surface area contributed by atoms with Crippen LogP contribution < -0.4 is 4.74 Å². The molecule has 0 spiro atoms. The van der Waals surface area contributed by atoms with E-state index in [-0.39, 0.29) is 0 Å². The number of carboxylic acid groups (broad SMARTS) is 1. The third-order valence-electron chi connectivity index (χ3n) is 5.61. The van der Waals surface area contributed by atoms with Crippen LogP contribution >= 0.6 is 11.3 Å². The number of carbonyl (C=O) groups is 1. The standard InChI is InChI=1S/C23H29N3O4S/c1-12-17(20(22(27)28)30-23(2,3)4)19(14-11-16(29-6)25-26(14)5)18-13-9-7-8-10-15(13)31-21(18)24-12/h11,20H,7-10H2,1-6H3,(H,27,28)/t20-/m0/s1. The Morgan fingerprint density at radius 1 is 1.29 bits per heavy atom. The predicted molar refractivity (Wildman–Crippen MR) is 121 cm³/mol. The van der Waals surface area contributed by atoms with Gasteiger partial charge in [0.2, 0.25) is 5.88 Å². The van der Waals surface area contributed by atoms with Gasteiger partial charge in [-0.05, 0) is 58.9 Å². The summed E-state index contributed by atoms with van der Waals surface area (Å²) < 4.78 is 13.2. The number of nitrogens with zero attached hydrogens (tertiary/aromatic N) is 3. The van der Waals surface area contributed by atoms with Gasteiger partial charge in [0.05, 0.1) is 18.4 Å². The van der Waals surface area contributed by atoms with Crippen molar-refractivity contribution < 1.29 is 19.4 Å². The molecule has 1 atom stereocenters. The van der Waals surface area contributed by atoms with Crippen molar-refractivity contribution >= 4 is 27.5 Å². The van der Waals surface area contributed by atoms with Crippen molar-refractivity contribution in [3.8, 4) is 17.1 Å². The largest absolute Gasteiger partial charge is 0.480 e. The highest BCUT2D eigenvalue weighted by Crippen LogP contribution is 2.46. The van der Waals surface area contributed by atoms with Gasteiger partial charge in [-0.2, -0.15) is 0 Å². The molecule has 0 saturated carbocycles. The van der Waals surface area contributed by atoms with Crippen molar-refractivity contribution in [2.45, 2.75) is 65.1 Å². The van der Waals surface area contributed by atoms with Gasteiger partial charge in [-0.15, -0.1) is 16.4 Å².